The number of hydrogen-bond acceptors (Lipinski definition) is 3. The molecule has 1 aromatic heterocycles. The Morgan fingerprint density at radius 2 is 1.71 bits per heavy atom. The van der Waals surface area contributed by atoms with Gasteiger partial charge in [0, 0.05) is 22.2 Å². The Morgan fingerprint density at radius 1 is 1.10 bits per heavy atom. The lowest BCUT2D eigenvalue weighted by molar-refractivity contribution is -0.137. The molecular weight excluding hydrogens is 297 g/mol. The van der Waals surface area contributed by atoms with Crippen LogP contribution in [0.3, 0.4) is 0 Å². The van der Waals surface area contributed by atoms with Gasteiger partial charge in [0.25, 0.3) is 0 Å². The first-order chi connectivity index (χ1) is 9.66. The summed E-state index contributed by atoms with van der Waals surface area (Å²) in [5, 5.41) is 4.16. The number of rotatable bonds is 3. The third kappa shape index (κ3) is 4.20. The van der Waals surface area contributed by atoms with Crippen LogP contribution in [0.4, 0.5) is 18.9 Å². The summed E-state index contributed by atoms with van der Waals surface area (Å²) < 4.78 is 37.4. The minimum Gasteiger partial charge on any atom is -0.380 e. The SMILES string of the molecule is CC(C)(C)c1ncc(CNc2ccc(C(F)(F)F)cc2)s1. The Morgan fingerprint density at radius 3 is 2.19 bits per heavy atom. The molecule has 1 heterocycles. The van der Waals surface area contributed by atoms with Crippen LogP contribution in [-0.2, 0) is 18.1 Å². The summed E-state index contributed by atoms with van der Waals surface area (Å²) in [7, 11) is 0. The van der Waals surface area contributed by atoms with Gasteiger partial charge in [-0.3, -0.25) is 0 Å². The predicted molar refractivity (Wildman–Crippen MR) is 79.6 cm³/mol. The lowest BCUT2D eigenvalue weighted by atomic mass is 9.98. The molecule has 21 heavy (non-hydrogen) atoms. The highest BCUT2D eigenvalue weighted by molar-refractivity contribution is 7.11. The second kappa shape index (κ2) is 5.67. The van der Waals surface area contributed by atoms with E-state index >= 15 is 0 Å². The quantitative estimate of drug-likeness (QED) is 0.855. The van der Waals surface area contributed by atoms with Crippen molar-refractivity contribution in [1.29, 1.82) is 0 Å². The molecule has 0 aliphatic heterocycles. The number of nitrogens with zero attached hydrogens (tertiary/aromatic N) is 1. The fourth-order valence-electron chi connectivity index (χ4n) is 1.70. The van der Waals surface area contributed by atoms with Crippen LogP contribution in [-0.4, -0.2) is 4.98 Å². The van der Waals surface area contributed by atoms with E-state index in [4.69, 9.17) is 0 Å². The zero-order valence-corrected chi connectivity index (χ0v) is 12.9. The van der Waals surface area contributed by atoms with E-state index in [2.05, 4.69) is 31.1 Å². The van der Waals surface area contributed by atoms with Crippen molar-refractivity contribution >= 4 is 17.0 Å². The first kappa shape index (κ1) is 15.8. The predicted octanol–water partition coefficient (Wildman–Crippen LogP) is 5.07. The van der Waals surface area contributed by atoms with E-state index < -0.39 is 11.7 Å². The maximum absolute atomic E-state index is 12.5. The summed E-state index contributed by atoms with van der Waals surface area (Å²) >= 11 is 1.61. The van der Waals surface area contributed by atoms with Crippen molar-refractivity contribution in [2.75, 3.05) is 5.32 Å². The molecule has 2 nitrogen and oxygen atoms in total. The maximum atomic E-state index is 12.5. The smallest absolute Gasteiger partial charge is 0.380 e. The normalized spacial score (nSPS) is 12.5. The molecule has 0 saturated heterocycles. The molecule has 0 radical (unpaired) electrons. The fourth-order valence-corrected chi connectivity index (χ4v) is 2.61. The third-order valence-electron chi connectivity index (χ3n) is 2.87. The van der Waals surface area contributed by atoms with E-state index in [1.54, 1.807) is 11.3 Å². The molecule has 0 atom stereocenters. The highest BCUT2D eigenvalue weighted by Crippen LogP contribution is 2.30. The second-order valence-corrected chi connectivity index (χ2v) is 6.93. The van der Waals surface area contributed by atoms with Gasteiger partial charge in [0.1, 0.15) is 0 Å². The van der Waals surface area contributed by atoms with Crippen molar-refractivity contribution in [1.82, 2.24) is 4.98 Å². The molecule has 0 spiro atoms. The van der Waals surface area contributed by atoms with E-state index in [1.807, 2.05) is 6.20 Å². The highest BCUT2D eigenvalue weighted by Gasteiger charge is 2.29. The zero-order chi connectivity index (χ0) is 15.7. The molecule has 2 aromatic rings. The molecule has 0 saturated carbocycles. The van der Waals surface area contributed by atoms with Gasteiger partial charge in [0.2, 0.25) is 0 Å². The van der Waals surface area contributed by atoms with Crippen LogP contribution < -0.4 is 5.32 Å². The van der Waals surface area contributed by atoms with E-state index in [1.165, 1.54) is 12.1 Å². The van der Waals surface area contributed by atoms with Gasteiger partial charge < -0.3 is 5.32 Å². The van der Waals surface area contributed by atoms with Gasteiger partial charge in [-0.15, -0.1) is 11.3 Å². The molecule has 0 aliphatic carbocycles. The number of alkyl halides is 3. The van der Waals surface area contributed by atoms with Gasteiger partial charge in [-0.2, -0.15) is 13.2 Å². The van der Waals surface area contributed by atoms with Crippen molar-refractivity contribution in [3.63, 3.8) is 0 Å². The van der Waals surface area contributed by atoms with Crippen LogP contribution in [0.1, 0.15) is 36.2 Å². The van der Waals surface area contributed by atoms with Crippen molar-refractivity contribution in [2.45, 2.75) is 38.9 Å². The molecule has 114 valence electrons. The summed E-state index contributed by atoms with van der Waals surface area (Å²) in [6, 6.07) is 5.04. The molecule has 1 N–H and O–H groups in total. The van der Waals surface area contributed by atoms with Crippen LogP contribution in [0.5, 0.6) is 0 Å². The van der Waals surface area contributed by atoms with Crippen LogP contribution in [0.2, 0.25) is 0 Å². The number of nitrogens with one attached hydrogen (secondary N) is 1. The summed E-state index contributed by atoms with van der Waals surface area (Å²) in [6.07, 6.45) is -2.49. The topological polar surface area (TPSA) is 24.9 Å². The van der Waals surface area contributed by atoms with Gasteiger partial charge in [-0.1, -0.05) is 20.8 Å². The lowest BCUT2D eigenvalue weighted by Gasteiger charge is -2.13. The van der Waals surface area contributed by atoms with Gasteiger partial charge in [0.05, 0.1) is 17.1 Å². The molecule has 6 heteroatoms. The minimum atomic E-state index is -4.29. The molecule has 1 aromatic carbocycles. The first-order valence-electron chi connectivity index (χ1n) is 6.52. The molecule has 0 amide bonds. The monoisotopic (exact) mass is 314 g/mol. The number of halogens is 3. The Bertz CT molecular complexity index is 595. The molecular formula is C15H17F3N2S. The van der Waals surface area contributed by atoms with Crippen LogP contribution in [0.15, 0.2) is 30.5 Å². The number of aromatic nitrogens is 1. The summed E-state index contributed by atoms with van der Waals surface area (Å²) in [4.78, 5) is 5.43. The number of anilines is 1. The average Bonchev–Trinajstić information content (AvgIpc) is 2.84. The lowest BCUT2D eigenvalue weighted by Crippen LogP contribution is -2.09. The van der Waals surface area contributed by atoms with Crippen molar-refractivity contribution in [2.24, 2.45) is 0 Å². The van der Waals surface area contributed by atoms with Crippen molar-refractivity contribution in [3.8, 4) is 0 Å². The third-order valence-corrected chi connectivity index (χ3v) is 4.30. The van der Waals surface area contributed by atoms with E-state index in [-0.39, 0.29) is 5.41 Å². The van der Waals surface area contributed by atoms with Crippen molar-refractivity contribution in [3.05, 3.63) is 45.9 Å². The number of thiazole rings is 1. The number of hydrogen-bond donors (Lipinski definition) is 1. The standard InChI is InChI=1S/C15H17F3N2S/c1-14(2,3)13-20-9-12(21-13)8-19-11-6-4-10(5-7-11)15(16,17)18/h4-7,9,19H,8H2,1-3H3. The Balaban J connectivity index is 1.99. The summed E-state index contributed by atoms with van der Waals surface area (Å²) in [5.74, 6) is 0. The van der Waals surface area contributed by atoms with Crippen LogP contribution in [0, 0.1) is 0 Å². The average molecular weight is 314 g/mol. The zero-order valence-electron chi connectivity index (χ0n) is 12.1. The summed E-state index contributed by atoms with van der Waals surface area (Å²) in [5.41, 5.74) is 0.0339. The maximum Gasteiger partial charge on any atom is 0.416 e. The Kier molecular flexibility index (Phi) is 4.27. The van der Waals surface area contributed by atoms with Gasteiger partial charge in [-0.25, -0.2) is 4.98 Å². The number of benzene rings is 1. The van der Waals surface area contributed by atoms with E-state index in [9.17, 15) is 13.2 Å². The first-order valence-corrected chi connectivity index (χ1v) is 7.34. The Hall–Kier alpha value is -1.56. The minimum absolute atomic E-state index is 0.0112. The summed E-state index contributed by atoms with van der Waals surface area (Å²) in [6.45, 7) is 6.84. The Labute approximate surface area is 126 Å². The van der Waals surface area contributed by atoms with Crippen LogP contribution in [0.25, 0.3) is 0 Å². The molecule has 0 aliphatic rings. The highest BCUT2D eigenvalue weighted by atomic mass is 32.1. The molecule has 2 rings (SSSR count). The second-order valence-electron chi connectivity index (χ2n) is 5.81. The fraction of sp³-hybridized carbons (Fsp3) is 0.400. The molecule has 0 fully saturated rings. The van der Waals surface area contributed by atoms with Crippen molar-refractivity contribution < 1.29 is 13.2 Å². The molecule has 0 unspecified atom stereocenters. The van der Waals surface area contributed by atoms with Gasteiger partial charge in [-0.05, 0) is 24.3 Å². The van der Waals surface area contributed by atoms with Crippen LogP contribution >= 0.6 is 11.3 Å². The van der Waals surface area contributed by atoms with E-state index in [0.717, 1.165) is 22.0 Å². The van der Waals surface area contributed by atoms with Gasteiger partial charge in [0.15, 0.2) is 0 Å². The largest absolute Gasteiger partial charge is 0.416 e. The van der Waals surface area contributed by atoms with E-state index in [0.29, 0.717) is 12.2 Å². The molecule has 0 bridgehead atoms. The van der Waals surface area contributed by atoms with Gasteiger partial charge >= 0.3 is 6.18 Å².